The Balaban J connectivity index is 2.38. The highest BCUT2D eigenvalue weighted by molar-refractivity contribution is 5.57. The average Bonchev–Trinajstić information content (AvgIpc) is 2.53. The molecule has 0 aromatic heterocycles. The lowest BCUT2D eigenvalue weighted by Crippen LogP contribution is -1.86. The second-order valence-corrected chi connectivity index (χ2v) is 5.14. The Morgan fingerprint density at radius 1 is 0.909 bits per heavy atom. The monoisotopic (exact) mass is 300 g/mol. The van der Waals surface area contributed by atoms with Crippen LogP contribution in [0.15, 0.2) is 46.6 Å². The van der Waals surface area contributed by atoms with E-state index in [4.69, 9.17) is 9.47 Å². The highest BCUT2D eigenvalue weighted by Gasteiger charge is 2.07. The van der Waals surface area contributed by atoms with E-state index in [0.717, 1.165) is 5.56 Å². The number of hydrogen-bond donors (Lipinski definition) is 1. The van der Waals surface area contributed by atoms with Crippen molar-refractivity contribution >= 4 is 11.4 Å². The fourth-order valence-corrected chi connectivity index (χ4v) is 1.96. The van der Waals surface area contributed by atoms with Crippen molar-refractivity contribution in [1.29, 1.82) is 0 Å². The molecule has 1 N–H and O–H groups in total. The van der Waals surface area contributed by atoms with Gasteiger partial charge in [0.2, 0.25) is 0 Å². The highest BCUT2D eigenvalue weighted by Crippen LogP contribution is 2.35. The van der Waals surface area contributed by atoms with E-state index in [0.29, 0.717) is 28.8 Å². The maximum atomic E-state index is 9.91. The molecule has 0 fully saturated rings. The van der Waals surface area contributed by atoms with Gasteiger partial charge >= 0.3 is 0 Å². The summed E-state index contributed by atoms with van der Waals surface area (Å²) < 4.78 is 10.4. The largest absolute Gasteiger partial charge is 0.506 e. The third-order valence-corrected chi connectivity index (χ3v) is 3.32. The molecule has 2 aromatic rings. The molecule has 0 bridgehead atoms. The third-order valence-electron chi connectivity index (χ3n) is 3.32. The van der Waals surface area contributed by atoms with Gasteiger partial charge < -0.3 is 14.6 Å². The molecule has 5 heteroatoms. The minimum absolute atomic E-state index is 0.0926. The molecular formula is C17H20N2O3. The van der Waals surface area contributed by atoms with Gasteiger partial charge in [-0.2, -0.15) is 0 Å². The normalized spacial score (nSPS) is 11.1. The Labute approximate surface area is 130 Å². The Morgan fingerprint density at radius 2 is 1.64 bits per heavy atom. The van der Waals surface area contributed by atoms with E-state index in [1.165, 1.54) is 0 Å². The molecule has 0 atom stereocenters. The third kappa shape index (κ3) is 3.55. The van der Waals surface area contributed by atoms with E-state index < -0.39 is 0 Å². The van der Waals surface area contributed by atoms with Crippen molar-refractivity contribution in [2.24, 2.45) is 10.2 Å². The van der Waals surface area contributed by atoms with E-state index in [2.05, 4.69) is 24.1 Å². The zero-order valence-corrected chi connectivity index (χ0v) is 13.2. The first-order valence-corrected chi connectivity index (χ1v) is 7.02. The fourth-order valence-electron chi connectivity index (χ4n) is 1.96. The van der Waals surface area contributed by atoms with Crippen LogP contribution in [0.5, 0.6) is 17.2 Å². The van der Waals surface area contributed by atoms with Crippen molar-refractivity contribution in [3.05, 3.63) is 42.0 Å². The van der Waals surface area contributed by atoms with E-state index in [1.54, 1.807) is 38.5 Å². The predicted octanol–water partition coefficient (Wildman–Crippen LogP) is 4.95. The number of methoxy groups -OCH3 is 2. The van der Waals surface area contributed by atoms with Crippen LogP contribution in [0, 0.1) is 0 Å². The average molecular weight is 300 g/mol. The molecule has 0 aliphatic heterocycles. The first kappa shape index (κ1) is 15.8. The lowest BCUT2D eigenvalue weighted by Gasteiger charge is -2.08. The molecule has 2 aromatic carbocycles. The van der Waals surface area contributed by atoms with Crippen LogP contribution in [0.3, 0.4) is 0 Å². The summed E-state index contributed by atoms with van der Waals surface area (Å²) in [7, 11) is 3.15. The molecule has 0 radical (unpaired) electrons. The summed E-state index contributed by atoms with van der Waals surface area (Å²) in [6.45, 7) is 4.16. The van der Waals surface area contributed by atoms with Gasteiger partial charge in [0.25, 0.3) is 0 Å². The van der Waals surface area contributed by atoms with Gasteiger partial charge in [0.1, 0.15) is 28.6 Å². The highest BCUT2D eigenvalue weighted by atomic mass is 16.5. The zero-order valence-electron chi connectivity index (χ0n) is 13.2. The van der Waals surface area contributed by atoms with Gasteiger partial charge in [-0.05, 0) is 35.7 Å². The second-order valence-electron chi connectivity index (χ2n) is 5.14. The Bertz CT molecular complexity index is 682. The van der Waals surface area contributed by atoms with Crippen molar-refractivity contribution in [3.8, 4) is 17.2 Å². The van der Waals surface area contributed by atoms with Crippen LogP contribution in [-0.2, 0) is 0 Å². The van der Waals surface area contributed by atoms with Gasteiger partial charge in [0.05, 0.1) is 14.2 Å². The molecule has 0 heterocycles. The van der Waals surface area contributed by atoms with Crippen molar-refractivity contribution in [2.45, 2.75) is 19.8 Å². The number of phenols is 1. The SMILES string of the molecule is COc1ccc(OC)c(N=Nc2cc(C(C)C)ccc2O)c1. The zero-order chi connectivity index (χ0) is 16.1. The number of azo groups is 1. The van der Waals surface area contributed by atoms with Crippen LogP contribution in [0.2, 0.25) is 0 Å². The summed E-state index contributed by atoms with van der Waals surface area (Å²) >= 11 is 0. The summed E-state index contributed by atoms with van der Waals surface area (Å²) in [5, 5.41) is 18.2. The number of phenolic OH excluding ortho intramolecular Hbond substituents is 1. The molecule has 22 heavy (non-hydrogen) atoms. The quantitative estimate of drug-likeness (QED) is 0.795. The second kappa shape index (κ2) is 6.93. The molecule has 0 aliphatic rings. The topological polar surface area (TPSA) is 63.4 Å². The number of ether oxygens (including phenoxy) is 2. The lowest BCUT2D eigenvalue weighted by molar-refractivity contribution is 0.404. The van der Waals surface area contributed by atoms with Crippen molar-refractivity contribution in [1.82, 2.24) is 0 Å². The van der Waals surface area contributed by atoms with Crippen LogP contribution in [0.4, 0.5) is 11.4 Å². The molecule has 0 saturated heterocycles. The first-order chi connectivity index (χ1) is 10.5. The molecule has 5 nitrogen and oxygen atoms in total. The molecule has 0 amide bonds. The van der Waals surface area contributed by atoms with Crippen LogP contribution in [-0.4, -0.2) is 19.3 Å². The summed E-state index contributed by atoms with van der Waals surface area (Å²) in [6, 6.07) is 10.6. The first-order valence-electron chi connectivity index (χ1n) is 7.02. The lowest BCUT2D eigenvalue weighted by atomic mass is 10.0. The van der Waals surface area contributed by atoms with E-state index >= 15 is 0 Å². The number of nitrogens with zero attached hydrogens (tertiary/aromatic N) is 2. The number of rotatable bonds is 5. The number of hydrogen-bond acceptors (Lipinski definition) is 5. The van der Waals surface area contributed by atoms with Crippen LogP contribution >= 0.6 is 0 Å². The smallest absolute Gasteiger partial charge is 0.146 e. The van der Waals surface area contributed by atoms with Gasteiger partial charge in [-0.1, -0.05) is 19.9 Å². The molecule has 0 aliphatic carbocycles. The van der Waals surface area contributed by atoms with Gasteiger partial charge in [-0.25, -0.2) is 0 Å². The maximum absolute atomic E-state index is 9.91. The van der Waals surface area contributed by atoms with Gasteiger partial charge in [0.15, 0.2) is 0 Å². The summed E-state index contributed by atoms with van der Waals surface area (Å²) in [6.07, 6.45) is 0. The van der Waals surface area contributed by atoms with E-state index in [1.807, 2.05) is 12.1 Å². The summed E-state index contributed by atoms with van der Waals surface area (Å²) in [4.78, 5) is 0. The van der Waals surface area contributed by atoms with Crippen molar-refractivity contribution < 1.29 is 14.6 Å². The molecule has 0 saturated carbocycles. The summed E-state index contributed by atoms with van der Waals surface area (Å²) in [5.41, 5.74) is 2.05. The minimum Gasteiger partial charge on any atom is -0.506 e. The van der Waals surface area contributed by atoms with E-state index in [-0.39, 0.29) is 5.75 Å². The Hall–Kier alpha value is -2.56. The molecular weight excluding hydrogens is 280 g/mol. The molecule has 0 unspecified atom stereocenters. The van der Waals surface area contributed by atoms with Gasteiger partial charge in [-0.3, -0.25) is 0 Å². The fraction of sp³-hybridized carbons (Fsp3) is 0.294. The van der Waals surface area contributed by atoms with Crippen LogP contribution < -0.4 is 9.47 Å². The Morgan fingerprint density at radius 3 is 2.27 bits per heavy atom. The number of aromatic hydroxyl groups is 1. The Kier molecular flexibility index (Phi) is 4.99. The van der Waals surface area contributed by atoms with Crippen LogP contribution in [0.1, 0.15) is 25.3 Å². The van der Waals surface area contributed by atoms with Crippen molar-refractivity contribution in [2.75, 3.05) is 14.2 Å². The van der Waals surface area contributed by atoms with Gasteiger partial charge in [0, 0.05) is 6.07 Å². The summed E-state index contributed by atoms with van der Waals surface area (Å²) in [5.74, 6) is 1.69. The number of benzene rings is 2. The van der Waals surface area contributed by atoms with Crippen molar-refractivity contribution in [3.63, 3.8) is 0 Å². The molecule has 0 spiro atoms. The predicted molar refractivity (Wildman–Crippen MR) is 85.9 cm³/mol. The van der Waals surface area contributed by atoms with Crippen LogP contribution in [0.25, 0.3) is 0 Å². The van der Waals surface area contributed by atoms with E-state index in [9.17, 15) is 5.11 Å². The standard InChI is InChI=1S/C17H20N2O3/c1-11(2)12-5-7-16(20)14(9-12)18-19-15-10-13(21-3)6-8-17(15)22-4/h5-11,20H,1-4H3. The van der Waals surface area contributed by atoms with Gasteiger partial charge in [-0.15, -0.1) is 10.2 Å². The minimum atomic E-state index is 0.0926. The molecule has 2 rings (SSSR count). The maximum Gasteiger partial charge on any atom is 0.146 e. The molecule has 116 valence electrons.